The van der Waals surface area contributed by atoms with Crippen LogP contribution in [0.2, 0.25) is 5.02 Å². The molecule has 1 atom stereocenters. The molecule has 184 valence electrons. The van der Waals surface area contributed by atoms with Gasteiger partial charge < -0.3 is 29.8 Å². The van der Waals surface area contributed by atoms with E-state index < -0.39 is 12.0 Å². The summed E-state index contributed by atoms with van der Waals surface area (Å²) in [7, 11) is 0. The maximum absolute atomic E-state index is 13.2. The van der Waals surface area contributed by atoms with Crippen LogP contribution in [0.25, 0.3) is 10.2 Å². The fraction of sp³-hybridized carbons (Fsp3) is 0.280. The first-order valence-electron chi connectivity index (χ1n) is 11.2. The van der Waals surface area contributed by atoms with E-state index in [9.17, 15) is 19.8 Å². The average Bonchev–Trinajstić information content (AvgIpc) is 3.54. The van der Waals surface area contributed by atoms with E-state index in [1.165, 1.54) is 17.6 Å². The third-order valence-corrected chi connectivity index (χ3v) is 6.90. The molecule has 4 N–H and O–H groups in total. The Kier molecular flexibility index (Phi) is 8.37. The zero-order chi connectivity index (χ0) is 24.8. The highest BCUT2D eigenvalue weighted by Crippen LogP contribution is 2.25. The number of pyridine rings is 1. The third-order valence-electron chi connectivity index (χ3n) is 5.48. The van der Waals surface area contributed by atoms with Crippen molar-refractivity contribution >= 4 is 39.1 Å². The van der Waals surface area contributed by atoms with Crippen LogP contribution in [0, 0.1) is 0 Å². The van der Waals surface area contributed by atoms with Gasteiger partial charge in [-0.25, -0.2) is 0 Å². The van der Waals surface area contributed by atoms with Crippen LogP contribution >= 0.6 is 22.9 Å². The Labute approximate surface area is 210 Å². The van der Waals surface area contributed by atoms with Crippen LogP contribution in [0.3, 0.4) is 0 Å². The number of halogens is 1. The van der Waals surface area contributed by atoms with Crippen molar-refractivity contribution in [3.8, 4) is 0 Å². The molecule has 3 aromatic heterocycles. The maximum atomic E-state index is 13.2. The van der Waals surface area contributed by atoms with Gasteiger partial charge in [0.05, 0.1) is 11.6 Å². The Balaban J connectivity index is 1.52. The summed E-state index contributed by atoms with van der Waals surface area (Å²) >= 11 is 7.35. The number of carbonyl (C=O) groups is 1. The molecule has 0 fully saturated rings. The molecule has 3 heterocycles. The number of aryl methyl sites for hydroxylation is 1. The number of hydrogen-bond donors (Lipinski definition) is 4. The molecule has 35 heavy (non-hydrogen) atoms. The van der Waals surface area contributed by atoms with Crippen molar-refractivity contribution in [3.63, 3.8) is 0 Å². The largest absolute Gasteiger partial charge is 0.467 e. The van der Waals surface area contributed by atoms with Crippen LogP contribution in [0.15, 0.2) is 64.1 Å². The fourth-order valence-corrected chi connectivity index (χ4v) is 4.92. The molecule has 4 aromatic rings. The summed E-state index contributed by atoms with van der Waals surface area (Å²) in [6, 6.07) is 12.3. The second-order valence-corrected chi connectivity index (χ2v) is 9.60. The average molecular weight is 516 g/mol. The van der Waals surface area contributed by atoms with Crippen molar-refractivity contribution in [1.29, 1.82) is 0 Å². The summed E-state index contributed by atoms with van der Waals surface area (Å²) in [5.74, 6) is 0.0174. The Bertz CT molecular complexity index is 1330. The first-order valence-corrected chi connectivity index (χ1v) is 12.4. The molecule has 0 aliphatic carbocycles. The van der Waals surface area contributed by atoms with Gasteiger partial charge >= 0.3 is 0 Å². The minimum atomic E-state index is -0.778. The number of thiophene rings is 1. The van der Waals surface area contributed by atoms with E-state index in [4.69, 9.17) is 16.0 Å². The second-order valence-electron chi connectivity index (χ2n) is 8.05. The van der Waals surface area contributed by atoms with Crippen LogP contribution in [0.5, 0.6) is 0 Å². The number of nitrogens with zero attached hydrogens (tertiary/aromatic N) is 1. The highest BCUT2D eigenvalue weighted by Gasteiger charge is 2.18. The number of benzene rings is 1. The van der Waals surface area contributed by atoms with Crippen molar-refractivity contribution in [2.45, 2.75) is 32.2 Å². The fourth-order valence-electron chi connectivity index (χ4n) is 3.67. The van der Waals surface area contributed by atoms with Crippen LogP contribution in [0.1, 0.15) is 39.1 Å². The molecule has 1 unspecified atom stereocenters. The van der Waals surface area contributed by atoms with Crippen LogP contribution in [-0.2, 0) is 19.6 Å². The monoisotopic (exact) mass is 515 g/mol. The van der Waals surface area contributed by atoms with E-state index in [1.807, 2.05) is 16.7 Å². The summed E-state index contributed by atoms with van der Waals surface area (Å²) < 4.78 is 7.05. The molecule has 0 aliphatic rings. The third kappa shape index (κ3) is 6.19. The number of fused-ring (bicyclic) bond motifs is 1. The predicted molar refractivity (Wildman–Crippen MR) is 136 cm³/mol. The molecular formula is C25H26ClN3O5S. The van der Waals surface area contributed by atoms with Crippen molar-refractivity contribution < 1.29 is 19.4 Å². The molecule has 0 spiro atoms. The van der Waals surface area contributed by atoms with Gasteiger partial charge in [-0.1, -0.05) is 23.7 Å². The lowest BCUT2D eigenvalue weighted by molar-refractivity contribution is 0.0949. The molecule has 0 aliphatic heterocycles. The Hall–Kier alpha value is -2.95. The lowest BCUT2D eigenvalue weighted by Crippen LogP contribution is -2.29. The smallest absolute Gasteiger partial charge is 0.257 e. The number of hydrogen-bond acceptors (Lipinski definition) is 7. The normalized spacial score (nSPS) is 12.2. The number of rotatable bonds is 11. The zero-order valence-corrected chi connectivity index (χ0v) is 20.4. The quantitative estimate of drug-likeness (QED) is 0.243. The van der Waals surface area contributed by atoms with Crippen LogP contribution in [-0.4, -0.2) is 33.8 Å². The van der Waals surface area contributed by atoms with Crippen molar-refractivity contribution in [1.82, 2.24) is 15.2 Å². The van der Waals surface area contributed by atoms with Gasteiger partial charge in [0.25, 0.3) is 5.91 Å². The summed E-state index contributed by atoms with van der Waals surface area (Å²) in [4.78, 5) is 27.7. The van der Waals surface area contributed by atoms with Gasteiger partial charge in [-0.3, -0.25) is 9.59 Å². The van der Waals surface area contributed by atoms with E-state index in [0.717, 1.165) is 15.3 Å². The minimum Gasteiger partial charge on any atom is -0.467 e. The van der Waals surface area contributed by atoms with E-state index in [-0.39, 0.29) is 30.7 Å². The first kappa shape index (κ1) is 25.2. The first-order chi connectivity index (χ1) is 17.0. The van der Waals surface area contributed by atoms with Gasteiger partial charge in [0.1, 0.15) is 22.3 Å². The van der Waals surface area contributed by atoms with Gasteiger partial charge in [-0.15, -0.1) is 11.3 Å². The summed E-state index contributed by atoms with van der Waals surface area (Å²) in [5, 5.41) is 26.5. The summed E-state index contributed by atoms with van der Waals surface area (Å²) in [5.41, 5.74) is 0.576. The van der Waals surface area contributed by atoms with Gasteiger partial charge in [0, 0.05) is 48.9 Å². The molecule has 1 aromatic carbocycles. The molecule has 4 rings (SSSR count). The second kappa shape index (κ2) is 11.7. The standard InChI is InChI=1S/C25H26ClN3O5S/c26-17-6-4-16(5-7-17)12-28-24(33)20-15-29(8-2-9-30)25-19(23(20)32)11-18(35-25)13-27-14-21(31)22-3-1-10-34-22/h1,3-7,10-11,15,21,27,30-31H,2,8-9,12-14H2,(H,28,33). The number of aromatic nitrogens is 1. The summed E-state index contributed by atoms with van der Waals surface area (Å²) in [6.07, 6.45) is 2.78. The molecule has 0 saturated carbocycles. The van der Waals surface area contributed by atoms with E-state index in [2.05, 4.69) is 10.6 Å². The van der Waals surface area contributed by atoms with Gasteiger partial charge in [-0.05, 0) is 42.3 Å². The number of amides is 1. The van der Waals surface area contributed by atoms with Gasteiger partial charge in [-0.2, -0.15) is 0 Å². The Morgan fingerprint density at radius 1 is 1.20 bits per heavy atom. The van der Waals surface area contributed by atoms with Crippen molar-refractivity contribution in [3.05, 3.63) is 91.9 Å². The Morgan fingerprint density at radius 2 is 2.00 bits per heavy atom. The molecule has 10 heteroatoms. The number of aliphatic hydroxyl groups excluding tert-OH is 2. The molecule has 0 radical (unpaired) electrons. The van der Waals surface area contributed by atoms with E-state index in [1.54, 1.807) is 36.5 Å². The minimum absolute atomic E-state index is 0.00380. The number of aliphatic hydroxyl groups is 2. The highest BCUT2D eigenvalue weighted by molar-refractivity contribution is 7.18. The maximum Gasteiger partial charge on any atom is 0.257 e. The molecule has 1 amide bonds. The topological polar surface area (TPSA) is 117 Å². The lowest BCUT2D eigenvalue weighted by atomic mass is 10.1. The Morgan fingerprint density at radius 3 is 2.71 bits per heavy atom. The number of furan rings is 1. The van der Waals surface area contributed by atoms with Crippen LogP contribution in [0.4, 0.5) is 0 Å². The molecule has 0 bridgehead atoms. The SMILES string of the molecule is O=C(NCc1ccc(Cl)cc1)c1cn(CCCO)c2sc(CNCC(O)c3ccco3)cc2c1=O. The highest BCUT2D eigenvalue weighted by atomic mass is 35.5. The lowest BCUT2D eigenvalue weighted by Gasteiger charge is -2.11. The van der Waals surface area contributed by atoms with E-state index in [0.29, 0.717) is 35.7 Å². The number of carbonyl (C=O) groups excluding carboxylic acids is 1. The van der Waals surface area contributed by atoms with E-state index >= 15 is 0 Å². The van der Waals surface area contributed by atoms with Gasteiger partial charge in [0.15, 0.2) is 0 Å². The van der Waals surface area contributed by atoms with Gasteiger partial charge in [0.2, 0.25) is 5.43 Å². The van der Waals surface area contributed by atoms with Crippen LogP contribution < -0.4 is 16.1 Å². The molecular weight excluding hydrogens is 490 g/mol. The van der Waals surface area contributed by atoms with Crippen molar-refractivity contribution in [2.75, 3.05) is 13.2 Å². The molecule has 0 saturated heterocycles. The number of nitrogens with one attached hydrogen (secondary N) is 2. The zero-order valence-electron chi connectivity index (χ0n) is 18.9. The van der Waals surface area contributed by atoms with Crippen molar-refractivity contribution in [2.24, 2.45) is 0 Å². The predicted octanol–water partition coefficient (Wildman–Crippen LogP) is 3.45. The summed E-state index contributed by atoms with van der Waals surface area (Å²) in [6.45, 7) is 1.45. The molecule has 8 nitrogen and oxygen atoms in total.